The second-order valence-electron chi connectivity index (χ2n) is 9.58. The van der Waals surface area contributed by atoms with Crippen LogP contribution in [0.15, 0.2) is 41.7 Å². The molecule has 8 nitrogen and oxygen atoms in total. The van der Waals surface area contributed by atoms with Crippen LogP contribution in [0.1, 0.15) is 19.4 Å². The average molecular weight is 543 g/mol. The van der Waals surface area contributed by atoms with E-state index in [9.17, 15) is 8.78 Å². The van der Waals surface area contributed by atoms with Crippen molar-refractivity contribution in [2.24, 2.45) is 4.99 Å². The maximum Gasteiger partial charge on any atom is 0.266 e. The molecule has 1 fully saturated rings. The predicted molar refractivity (Wildman–Crippen MR) is 150 cm³/mol. The highest BCUT2D eigenvalue weighted by molar-refractivity contribution is 5.98. The molecular formula is C28H33F3N6O2. The number of nitrogens with one attached hydrogen (secondary N) is 1. The van der Waals surface area contributed by atoms with Gasteiger partial charge in [0.15, 0.2) is 5.82 Å². The normalized spacial score (nSPS) is 16.8. The molecule has 1 aliphatic rings. The molecule has 0 saturated carbocycles. The number of ether oxygens (including phenoxy) is 2. The lowest BCUT2D eigenvalue weighted by atomic mass is 10.1. The van der Waals surface area contributed by atoms with Crippen LogP contribution >= 0.6 is 0 Å². The number of anilines is 3. The number of aromatic nitrogens is 2. The minimum Gasteiger partial charge on any atom is -0.488 e. The van der Waals surface area contributed by atoms with Crippen LogP contribution in [-0.4, -0.2) is 80.6 Å². The van der Waals surface area contributed by atoms with E-state index in [1.54, 1.807) is 43.3 Å². The Morgan fingerprint density at radius 1 is 1.31 bits per heavy atom. The average Bonchev–Trinajstić information content (AvgIpc) is 2.90. The third-order valence-electron chi connectivity index (χ3n) is 6.29. The first-order valence-electron chi connectivity index (χ1n) is 12.7. The molecule has 208 valence electrons. The number of hydrogen-bond donors (Lipinski definition) is 1. The summed E-state index contributed by atoms with van der Waals surface area (Å²) in [5.74, 6) is 0.297. The van der Waals surface area contributed by atoms with E-state index < -0.39 is 18.3 Å². The number of alkyl halides is 2. The zero-order valence-corrected chi connectivity index (χ0v) is 22.5. The van der Waals surface area contributed by atoms with E-state index in [1.165, 1.54) is 6.33 Å². The number of halogens is 3. The van der Waals surface area contributed by atoms with E-state index in [4.69, 9.17) is 9.47 Å². The minimum absolute atomic E-state index is 0.0364. The molecule has 1 aromatic heterocycles. The quantitative estimate of drug-likeness (QED) is 0.331. The number of likely N-dealkylation sites (N-methyl/N-ethyl adjacent to an activating group) is 1. The second-order valence-corrected chi connectivity index (χ2v) is 9.58. The molecule has 0 amide bonds. The van der Waals surface area contributed by atoms with Crippen LogP contribution in [-0.2, 0) is 4.74 Å². The van der Waals surface area contributed by atoms with E-state index in [1.807, 2.05) is 30.8 Å². The van der Waals surface area contributed by atoms with Crippen molar-refractivity contribution in [2.75, 3.05) is 50.6 Å². The SMILES string of the molecule is C=Nc1ccc(Nc2ncnc3cc(N4CCO[C@H](C(F)F)C4)cc(O[C@H](C)CN(C)C)c23)c(F)c1/C=C\C. The van der Waals surface area contributed by atoms with E-state index in [0.29, 0.717) is 52.5 Å². The van der Waals surface area contributed by atoms with Crippen molar-refractivity contribution in [2.45, 2.75) is 32.5 Å². The molecular weight excluding hydrogens is 509 g/mol. The van der Waals surface area contributed by atoms with Crippen LogP contribution in [0, 0.1) is 5.82 Å². The van der Waals surface area contributed by atoms with Gasteiger partial charge in [0.05, 0.1) is 28.9 Å². The molecule has 39 heavy (non-hydrogen) atoms. The molecule has 3 aromatic rings. The summed E-state index contributed by atoms with van der Waals surface area (Å²) in [5, 5.41) is 3.64. The van der Waals surface area contributed by atoms with E-state index in [-0.39, 0.29) is 24.9 Å². The van der Waals surface area contributed by atoms with Gasteiger partial charge in [-0.2, -0.15) is 0 Å². The Hall–Kier alpha value is -3.70. The molecule has 2 atom stereocenters. The Balaban J connectivity index is 1.80. The smallest absolute Gasteiger partial charge is 0.266 e. The fraction of sp³-hybridized carbons (Fsp3) is 0.393. The Morgan fingerprint density at radius 2 is 2.10 bits per heavy atom. The summed E-state index contributed by atoms with van der Waals surface area (Å²) < 4.78 is 53.9. The summed E-state index contributed by atoms with van der Waals surface area (Å²) in [6.07, 6.45) is 0.722. The Kier molecular flexibility index (Phi) is 9.03. The standard InChI is InChI=1S/C28H33F3N6O2/c1-6-7-19-20(32-3)8-9-21(26(19)29)35-28-25-22(33-16-34-28)12-18(13-23(25)39-17(2)14-36(4)5)37-10-11-38-24(15-37)27(30)31/h6-9,12-13,16-17,24,27H,3,10-11,14-15H2,1-2,4-5H3,(H,33,34,35)/b7-6-/t17-,24+/m1/s1. The van der Waals surface area contributed by atoms with Gasteiger partial charge in [-0.3, -0.25) is 4.99 Å². The fourth-order valence-corrected chi connectivity index (χ4v) is 4.61. The molecule has 1 saturated heterocycles. The van der Waals surface area contributed by atoms with Gasteiger partial charge in [0.25, 0.3) is 6.43 Å². The molecule has 1 N–H and O–H groups in total. The van der Waals surface area contributed by atoms with Gasteiger partial charge in [-0.15, -0.1) is 0 Å². The highest BCUT2D eigenvalue weighted by atomic mass is 19.3. The monoisotopic (exact) mass is 542 g/mol. The molecule has 11 heteroatoms. The van der Waals surface area contributed by atoms with Crippen molar-refractivity contribution in [1.82, 2.24) is 14.9 Å². The number of benzene rings is 2. The summed E-state index contributed by atoms with van der Waals surface area (Å²) >= 11 is 0. The number of fused-ring (bicyclic) bond motifs is 1. The van der Waals surface area contributed by atoms with Gasteiger partial charge in [-0.05, 0) is 52.9 Å². The number of nitrogens with zero attached hydrogens (tertiary/aromatic N) is 5. The van der Waals surface area contributed by atoms with Crippen LogP contribution in [0.25, 0.3) is 17.0 Å². The number of rotatable bonds is 10. The van der Waals surface area contributed by atoms with E-state index in [2.05, 4.69) is 27.0 Å². The lowest BCUT2D eigenvalue weighted by Crippen LogP contribution is -2.45. The Morgan fingerprint density at radius 3 is 2.79 bits per heavy atom. The third-order valence-corrected chi connectivity index (χ3v) is 6.29. The summed E-state index contributed by atoms with van der Waals surface area (Å²) in [7, 11) is 3.88. The minimum atomic E-state index is -2.59. The second kappa shape index (κ2) is 12.4. The first kappa shape index (κ1) is 28.3. The molecule has 0 aliphatic carbocycles. The number of aliphatic imine (C=N–C) groups is 1. The van der Waals surface area contributed by atoms with Crippen LogP contribution in [0.2, 0.25) is 0 Å². The van der Waals surface area contributed by atoms with Gasteiger partial charge in [0.1, 0.15) is 30.1 Å². The fourth-order valence-electron chi connectivity index (χ4n) is 4.61. The largest absolute Gasteiger partial charge is 0.488 e. The lowest BCUT2D eigenvalue weighted by molar-refractivity contribution is -0.0614. The summed E-state index contributed by atoms with van der Waals surface area (Å²) in [5.41, 5.74) is 2.11. The maximum absolute atomic E-state index is 15.5. The maximum atomic E-state index is 15.5. The van der Waals surface area contributed by atoms with Gasteiger partial charge < -0.3 is 24.6 Å². The molecule has 4 rings (SSSR count). The zero-order valence-electron chi connectivity index (χ0n) is 22.5. The summed E-state index contributed by atoms with van der Waals surface area (Å²) in [6, 6.07) is 6.83. The molecule has 1 aliphatic heterocycles. The summed E-state index contributed by atoms with van der Waals surface area (Å²) in [6.45, 7) is 8.54. The number of allylic oxidation sites excluding steroid dienone is 1. The number of hydrogen-bond acceptors (Lipinski definition) is 8. The third kappa shape index (κ3) is 6.48. The summed E-state index contributed by atoms with van der Waals surface area (Å²) in [4.78, 5) is 16.6. The molecule has 2 aromatic carbocycles. The van der Waals surface area contributed by atoms with Crippen molar-refractivity contribution < 1.29 is 22.6 Å². The molecule has 0 unspecified atom stereocenters. The van der Waals surface area contributed by atoms with E-state index in [0.717, 1.165) is 0 Å². The zero-order chi connectivity index (χ0) is 28.1. The predicted octanol–water partition coefficient (Wildman–Crippen LogP) is 5.68. The van der Waals surface area contributed by atoms with Gasteiger partial charge in [-0.1, -0.05) is 12.2 Å². The first-order chi connectivity index (χ1) is 18.7. The van der Waals surface area contributed by atoms with Gasteiger partial charge in [-0.25, -0.2) is 23.1 Å². The van der Waals surface area contributed by atoms with Gasteiger partial charge >= 0.3 is 0 Å². The Bertz CT molecular complexity index is 1350. The molecule has 0 spiro atoms. The van der Waals surface area contributed by atoms with Gasteiger partial charge in [0.2, 0.25) is 0 Å². The van der Waals surface area contributed by atoms with Crippen LogP contribution < -0.4 is 15.0 Å². The van der Waals surface area contributed by atoms with Crippen LogP contribution in [0.5, 0.6) is 5.75 Å². The van der Waals surface area contributed by atoms with Crippen molar-refractivity contribution >= 4 is 46.6 Å². The molecule has 0 radical (unpaired) electrons. The lowest BCUT2D eigenvalue weighted by Gasteiger charge is -2.34. The van der Waals surface area contributed by atoms with Crippen LogP contribution in [0.3, 0.4) is 0 Å². The highest BCUT2D eigenvalue weighted by Gasteiger charge is 2.29. The van der Waals surface area contributed by atoms with Crippen molar-refractivity contribution in [3.63, 3.8) is 0 Å². The molecule has 0 bridgehead atoms. The van der Waals surface area contributed by atoms with E-state index >= 15 is 4.39 Å². The first-order valence-corrected chi connectivity index (χ1v) is 12.7. The number of morpholine rings is 1. The van der Waals surface area contributed by atoms with Gasteiger partial charge in [0, 0.05) is 37.0 Å². The highest BCUT2D eigenvalue weighted by Crippen LogP contribution is 2.38. The van der Waals surface area contributed by atoms with Crippen LogP contribution in [0.4, 0.5) is 36.1 Å². The Labute approximate surface area is 226 Å². The van der Waals surface area contributed by atoms with Crippen molar-refractivity contribution in [3.8, 4) is 5.75 Å². The van der Waals surface area contributed by atoms with Crippen molar-refractivity contribution in [1.29, 1.82) is 0 Å². The topological polar surface area (TPSA) is 75.1 Å². The molecule has 2 heterocycles. The van der Waals surface area contributed by atoms with Crippen molar-refractivity contribution in [3.05, 3.63) is 48.0 Å².